The molecule has 1 heterocycles. The zero-order chi connectivity index (χ0) is 9.68. The van der Waals surface area contributed by atoms with Crippen molar-refractivity contribution in [3.8, 4) is 0 Å². The average molecular weight is 179 g/mol. The lowest BCUT2D eigenvalue weighted by atomic mass is 10.2. The van der Waals surface area contributed by atoms with Gasteiger partial charge in [-0.25, -0.2) is 4.98 Å². The van der Waals surface area contributed by atoms with E-state index < -0.39 is 0 Å². The SMILES string of the molecule is CNC(=O)c1ccc(NC=O)nc1. The predicted molar refractivity (Wildman–Crippen MR) is 47.3 cm³/mol. The van der Waals surface area contributed by atoms with Crippen molar-refractivity contribution in [3.05, 3.63) is 23.9 Å². The van der Waals surface area contributed by atoms with Crippen LogP contribution in [-0.2, 0) is 4.79 Å². The number of rotatable bonds is 3. The number of pyridine rings is 1. The first-order valence-electron chi connectivity index (χ1n) is 3.66. The number of nitrogens with one attached hydrogen (secondary N) is 2. The molecule has 1 aromatic rings. The molecule has 0 aliphatic carbocycles. The summed E-state index contributed by atoms with van der Waals surface area (Å²) in [4.78, 5) is 24.9. The summed E-state index contributed by atoms with van der Waals surface area (Å²) in [6, 6.07) is 3.14. The van der Waals surface area contributed by atoms with Gasteiger partial charge in [0.25, 0.3) is 5.91 Å². The van der Waals surface area contributed by atoms with Crippen LogP contribution in [0.4, 0.5) is 5.82 Å². The quantitative estimate of drug-likeness (QED) is 0.642. The Kier molecular flexibility index (Phi) is 2.97. The molecule has 0 saturated carbocycles. The lowest BCUT2D eigenvalue weighted by Crippen LogP contribution is -2.17. The van der Waals surface area contributed by atoms with E-state index in [1.165, 1.54) is 6.20 Å². The Morgan fingerprint density at radius 2 is 2.31 bits per heavy atom. The summed E-state index contributed by atoms with van der Waals surface area (Å²) in [5.41, 5.74) is 0.457. The molecule has 5 nitrogen and oxygen atoms in total. The maximum Gasteiger partial charge on any atom is 0.252 e. The van der Waals surface area contributed by atoms with E-state index in [1.54, 1.807) is 19.2 Å². The first kappa shape index (κ1) is 9.18. The molecule has 0 atom stereocenters. The second-order valence-corrected chi connectivity index (χ2v) is 2.27. The molecule has 13 heavy (non-hydrogen) atoms. The normalized spacial score (nSPS) is 9.00. The Bertz CT molecular complexity index is 308. The van der Waals surface area contributed by atoms with Crippen molar-refractivity contribution in [1.82, 2.24) is 10.3 Å². The van der Waals surface area contributed by atoms with E-state index in [9.17, 15) is 9.59 Å². The highest BCUT2D eigenvalue weighted by atomic mass is 16.1. The summed E-state index contributed by atoms with van der Waals surface area (Å²) in [6.07, 6.45) is 1.92. The summed E-state index contributed by atoms with van der Waals surface area (Å²) < 4.78 is 0. The zero-order valence-electron chi connectivity index (χ0n) is 7.07. The molecule has 2 N–H and O–H groups in total. The maximum absolute atomic E-state index is 11.0. The largest absolute Gasteiger partial charge is 0.355 e. The van der Waals surface area contributed by atoms with Crippen molar-refractivity contribution in [3.63, 3.8) is 0 Å². The Balaban J connectivity index is 2.80. The van der Waals surface area contributed by atoms with Crippen molar-refractivity contribution < 1.29 is 9.59 Å². The third-order valence-electron chi connectivity index (χ3n) is 1.46. The van der Waals surface area contributed by atoms with Crippen LogP contribution in [0.5, 0.6) is 0 Å². The minimum absolute atomic E-state index is 0.204. The minimum atomic E-state index is -0.204. The fourth-order valence-corrected chi connectivity index (χ4v) is 0.818. The Morgan fingerprint density at radius 3 is 2.77 bits per heavy atom. The molecule has 5 heteroatoms. The van der Waals surface area contributed by atoms with Crippen LogP contribution >= 0.6 is 0 Å². The number of carbonyl (C=O) groups is 2. The molecule has 0 aliphatic rings. The van der Waals surface area contributed by atoms with Crippen LogP contribution in [0.2, 0.25) is 0 Å². The van der Waals surface area contributed by atoms with Crippen molar-refractivity contribution in [1.29, 1.82) is 0 Å². The Hall–Kier alpha value is -1.91. The van der Waals surface area contributed by atoms with E-state index >= 15 is 0 Å². The van der Waals surface area contributed by atoms with Gasteiger partial charge in [0, 0.05) is 13.2 Å². The van der Waals surface area contributed by atoms with Gasteiger partial charge >= 0.3 is 0 Å². The van der Waals surface area contributed by atoms with Gasteiger partial charge in [-0.1, -0.05) is 0 Å². The van der Waals surface area contributed by atoms with Gasteiger partial charge in [0.2, 0.25) is 6.41 Å². The van der Waals surface area contributed by atoms with Crippen LogP contribution in [0.25, 0.3) is 0 Å². The highest BCUT2D eigenvalue weighted by Gasteiger charge is 2.02. The molecule has 0 fully saturated rings. The number of carbonyl (C=O) groups excluding carboxylic acids is 2. The molecular formula is C8H9N3O2. The molecule has 0 saturated heterocycles. The Labute approximate surface area is 75.2 Å². The highest BCUT2D eigenvalue weighted by Crippen LogP contribution is 2.03. The summed E-state index contributed by atoms with van der Waals surface area (Å²) >= 11 is 0. The Morgan fingerprint density at radius 1 is 1.54 bits per heavy atom. The van der Waals surface area contributed by atoms with Crippen LogP contribution in [-0.4, -0.2) is 24.3 Å². The third kappa shape index (κ3) is 2.26. The van der Waals surface area contributed by atoms with Crippen LogP contribution in [0.15, 0.2) is 18.3 Å². The van der Waals surface area contributed by atoms with Crippen LogP contribution in [0.3, 0.4) is 0 Å². The molecule has 0 aliphatic heterocycles. The summed E-state index contributed by atoms with van der Waals surface area (Å²) in [5.74, 6) is 0.216. The fourth-order valence-electron chi connectivity index (χ4n) is 0.818. The lowest BCUT2D eigenvalue weighted by molar-refractivity contribution is -0.105. The molecule has 0 radical (unpaired) electrons. The molecule has 1 rings (SSSR count). The molecule has 0 spiro atoms. The van der Waals surface area contributed by atoms with Crippen molar-refractivity contribution in [2.45, 2.75) is 0 Å². The lowest BCUT2D eigenvalue weighted by Gasteiger charge is -2.00. The molecule has 0 bridgehead atoms. The van der Waals surface area contributed by atoms with E-state index in [4.69, 9.17) is 0 Å². The smallest absolute Gasteiger partial charge is 0.252 e. The number of aromatic nitrogens is 1. The number of anilines is 1. The molecule has 0 unspecified atom stereocenters. The predicted octanol–water partition coefficient (Wildman–Crippen LogP) is 0.00950. The van der Waals surface area contributed by atoms with Gasteiger partial charge < -0.3 is 10.6 Å². The zero-order valence-corrected chi connectivity index (χ0v) is 7.07. The number of nitrogens with zero attached hydrogens (tertiary/aromatic N) is 1. The van der Waals surface area contributed by atoms with E-state index in [2.05, 4.69) is 15.6 Å². The molecule has 1 aromatic heterocycles. The van der Waals surface area contributed by atoms with E-state index in [0.29, 0.717) is 17.8 Å². The van der Waals surface area contributed by atoms with E-state index in [1.807, 2.05) is 0 Å². The average Bonchev–Trinajstić information content (AvgIpc) is 2.18. The summed E-state index contributed by atoms with van der Waals surface area (Å²) in [5, 5.41) is 4.83. The van der Waals surface area contributed by atoms with Gasteiger partial charge in [0.1, 0.15) is 5.82 Å². The molecule has 2 amide bonds. The first-order chi connectivity index (χ1) is 6.27. The molecule has 68 valence electrons. The van der Waals surface area contributed by atoms with Crippen LogP contribution in [0.1, 0.15) is 10.4 Å². The van der Waals surface area contributed by atoms with Gasteiger partial charge in [-0.15, -0.1) is 0 Å². The maximum atomic E-state index is 11.0. The van der Waals surface area contributed by atoms with Gasteiger partial charge in [-0.3, -0.25) is 9.59 Å². The van der Waals surface area contributed by atoms with Gasteiger partial charge in [0.15, 0.2) is 0 Å². The summed E-state index contributed by atoms with van der Waals surface area (Å²) in [7, 11) is 1.54. The minimum Gasteiger partial charge on any atom is -0.355 e. The highest BCUT2D eigenvalue weighted by molar-refractivity contribution is 5.93. The van der Waals surface area contributed by atoms with Gasteiger partial charge in [-0.2, -0.15) is 0 Å². The van der Waals surface area contributed by atoms with Crippen LogP contribution < -0.4 is 10.6 Å². The molecule has 0 aromatic carbocycles. The van der Waals surface area contributed by atoms with Crippen molar-refractivity contribution >= 4 is 18.1 Å². The van der Waals surface area contributed by atoms with Crippen LogP contribution in [0, 0.1) is 0 Å². The number of hydrogen-bond acceptors (Lipinski definition) is 3. The van der Waals surface area contributed by atoms with Crippen molar-refractivity contribution in [2.75, 3.05) is 12.4 Å². The monoisotopic (exact) mass is 179 g/mol. The summed E-state index contributed by atoms with van der Waals surface area (Å²) in [6.45, 7) is 0. The number of hydrogen-bond donors (Lipinski definition) is 2. The third-order valence-corrected chi connectivity index (χ3v) is 1.46. The topological polar surface area (TPSA) is 71.1 Å². The second-order valence-electron chi connectivity index (χ2n) is 2.27. The number of amides is 2. The molecular weight excluding hydrogens is 170 g/mol. The second kappa shape index (κ2) is 4.20. The van der Waals surface area contributed by atoms with E-state index in [-0.39, 0.29) is 5.91 Å². The van der Waals surface area contributed by atoms with E-state index in [0.717, 1.165) is 0 Å². The van der Waals surface area contributed by atoms with Gasteiger partial charge in [0.05, 0.1) is 5.56 Å². The standard InChI is InChI=1S/C8H9N3O2/c1-9-8(13)6-2-3-7(10-4-6)11-5-12/h2-5H,1H3,(H,9,13)(H,10,11,12). The fraction of sp³-hybridized carbons (Fsp3) is 0.125. The van der Waals surface area contributed by atoms with Crippen molar-refractivity contribution in [2.24, 2.45) is 0 Å². The van der Waals surface area contributed by atoms with Gasteiger partial charge in [-0.05, 0) is 12.1 Å². The first-order valence-corrected chi connectivity index (χ1v) is 3.66.